The second-order valence-corrected chi connectivity index (χ2v) is 12.7. The first-order chi connectivity index (χ1) is 18.6. The monoisotopic (exact) mass is 561 g/mol. The minimum absolute atomic E-state index is 0.0266. The minimum atomic E-state index is -1.26. The van der Waals surface area contributed by atoms with Crippen molar-refractivity contribution in [1.82, 2.24) is 20.9 Å². The lowest BCUT2D eigenvalue weighted by Gasteiger charge is -2.34. The zero-order valence-corrected chi connectivity index (χ0v) is 24.2. The maximum Gasteiger partial charge on any atom is 0.330 e. The van der Waals surface area contributed by atoms with Crippen LogP contribution in [0.15, 0.2) is 12.2 Å². The number of carbonyl (C=O) groups is 6. The lowest BCUT2D eigenvalue weighted by atomic mass is 9.80. The summed E-state index contributed by atoms with van der Waals surface area (Å²) in [5.74, 6) is -3.74. The van der Waals surface area contributed by atoms with Crippen LogP contribution in [0.1, 0.15) is 67.2 Å². The van der Waals surface area contributed by atoms with Crippen LogP contribution in [0.25, 0.3) is 0 Å². The zero-order chi connectivity index (χ0) is 30.0. The Morgan fingerprint density at radius 2 is 1.73 bits per heavy atom. The summed E-state index contributed by atoms with van der Waals surface area (Å²) < 4.78 is 5.20. The van der Waals surface area contributed by atoms with E-state index in [9.17, 15) is 28.8 Å². The van der Waals surface area contributed by atoms with Crippen molar-refractivity contribution < 1.29 is 33.5 Å². The number of nitrogens with two attached hydrogens (primary N) is 1. The standard InChI is InChI=1S/C28H43N5O7/c1-7-9-19(34)40-14-18(31-26(39)32-27(2,3)4)25(38)33-13-16-20(28(16,5)6)21(33)24(37)30-17(22(35)23(29)36)12-15-10-8-11-15/h7,9,15-18,20-21H,8,10-14H2,1-6H3,(H2,29,36)(H,30,37)(H2,31,32,39)/t16-,17?,18-,20-,21-/m0/s1. The largest absolute Gasteiger partial charge is 0.460 e. The Kier molecular flexibility index (Phi) is 9.31. The fourth-order valence-electron chi connectivity index (χ4n) is 5.79. The molecule has 3 rings (SSSR count). The van der Waals surface area contributed by atoms with E-state index in [0.717, 1.165) is 19.3 Å². The van der Waals surface area contributed by atoms with Crippen LogP contribution in [-0.4, -0.2) is 77.2 Å². The van der Waals surface area contributed by atoms with Crippen LogP contribution in [0.2, 0.25) is 0 Å². The van der Waals surface area contributed by atoms with E-state index in [1.165, 1.54) is 17.1 Å². The maximum atomic E-state index is 13.8. The molecule has 40 heavy (non-hydrogen) atoms. The molecule has 0 spiro atoms. The number of esters is 1. The van der Waals surface area contributed by atoms with Gasteiger partial charge in [0.2, 0.25) is 17.6 Å². The molecule has 2 aliphatic carbocycles. The van der Waals surface area contributed by atoms with Crippen LogP contribution in [0.5, 0.6) is 0 Å². The van der Waals surface area contributed by atoms with Crippen molar-refractivity contribution in [2.45, 2.75) is 90.9 Å². The third-order valence-corrected chi connectivity index (χ3v) is 8.22. The number of primary amides is 1. The average Bonchev–Trinajstić information content (AvgIpc) is 3.14. The molecule has 5 amide bonds. The van der Waals surface area contributed by atoms with Gasteiger partial charge in [0, 0.05) is 18.2 Å². The third-order valence-electron chi connectivity index (χ3n) is 8.22. The van der Waals surface area contributed by atoms with Gasteiger partial charge in [0.05, 0.1) is 6.04 Å². The number of hydrogen-bond acceptors (Lipinski definition) is 7. The second-order valence-electron chi connectivity index (χ2n) is 12.7. The van der Waals surface area contributed by atoms with E-state index >= 15 is 0 Å². The van der Waals surface area contributed by atoms with Crippen molar-refractivity contribution in [3.05, 3.63) is 12.2 Å². The molecule has 12 nitrogen and oxygen atoms in total. The van der Waals surface area contributed by atoms with E-state index in [0.29, 0.717) is 6.42 Å². The fraction of sp³-hybridized carbons (Fsp3) is 0.714. The SMILES string of the molecule is CC=CC(=O)OC[C@H](NC(=O)NC(C)(C)C)C(=O)N1C[C@H]2[C@@H]([C@H]1C(=O)NC(CC1CCC1)C(=O)C(N)=O)C2(C)C. The summed E-state index contributed by atoms with van der Waals surface area (Å²) in [6, 6.07) is -3.89. The van der Waals surface area contributed by atoms with E-state index in [-0.39, 0.29) is 29.7 Å². The number of rotatable bonds is 11. The van der Waals surface area contributed by atoms with Crippen LogP contribution < -0.4 is 21.7 Å². The van der Waals surface area contributed by atoms with E-state index < -0.39 is 65.8 Å². The van der Waals surface area contributed by atoms with Gasteiger partial charge in [-0.2, -0.15) is 0 Å². The highest BCUT2D eigenvalue weighted by atomic mass is 16.5. The summed E-state index contributed by atoms with van der Waals surface area (Å²) in [5, 5.41) is 8.02. The Hall–Kier alpha value is -3.44. The molecule has 0 aromatic rings. The van der Waals surface area contributed by atoms with Gasteiger partial charge in [-0.3, -0.25) is 19.2 Å². The summed E-state index contributed by atoms with van der Waals surface area (Å²) in [7, 11) is 0. The molecule has 3 aliphatic rings. The number of carbonyl (C=O) groups excluding carboxylic acids is 6. The molecule has 222 valence electrons. The summed E-state index contributed by atoms with van der Waals surface area (Å²) in [6.45, 7) is 10.8. The first-order valence-electron chi connectivity index (χ1n) is 13.9. The number of hydrogen-bond donors (Lipinski definition) is 4. The molecule has 0 aromatic carbocycles. The quantitative estimate of drug-likeness (QED) is 0.164. The smallest absolute Gasteiger partial charge is 0.330 e. The number of amides is 5. The van der Waals surface area contributed by atoms with Gasteiger partial charge in [-0.15, -0.1) is 0 Å². The number of nitrogens with zero attached hydrogens (tertiary/aromatic N) is 1. The molecule has 5 atom stereocenters. The summed E-state index contributed by atoms with van der Waals surface area (Å²) in [4.78, 5) is 77.8. The molecule has 3 fully saturated rings. The van der Waals surface area contributed by atoms with Gasteiger partial charge in [-0.05, 0) is 57.3 Å². The molecule has 1 unspecified atom stereocenters. The number of Topliss-reactive ketones (excluding diaryl/α,β-unsaturated/α-hetero) is 1. The molecule has 2 saturated carbocycles. The Labute approximate surface area is 235 Å². The molecule has 1 aliphatic heterocycles. The van der Waals surface area contributed by atoms with Crippen molar-refractivity contribution in [2.24, 2.45) is 28.9 Å². The van der Waals surface area contributed by atoms with Crippen LogP contribution in [0.4, 0.5) is 4.79 Å². The molecule has 1 saturated heterocycles. The van der Waals surface area contributed by atoms with E-state index in [1.807, 2.05) is 13.8 Å². The van der Waals surface area contributed by atoms with Gasteiger partial charge >= 0.3 is 12.0 Å². The molecular weight excluding hydrogens is 518 g/mol. The summed E-state index contributed by atoms with van der Waals surface area (Å²) >= 11 is 0. The van der Waals surface area contributed by atoms with Crippen molar-refractivity contribution >= 4 is 35.5 Å². The topological polar surface area (TPSA) is 177 Å². The Morgan fingerprint density at radius 3 is 2.25 bits per heavy atom. The molecule has 0 aromatic heterocycles. The highest BCUT2D eigenvalue weighted by molar-refractivity contribution is 6.37. The van der Waals surface area contributed by atoms with Crippen molar-refractivity contribution in [3.8, 4) is 0 Å². The lowest BCUT2D eigenvalue weighted by molar-refractivity contribution is -0.147. The van der Waals surface area contributed by atoms with Gasteiger partial charge in [-0.1, -0.05) is 39.2 Å². The highest BCUT2D eigenvalue weighted by Crippen LogP contribution is 2.64. The minimum Gasteiger partial charge on any atom is -0.460 e. The average molecular weight is 562 g/mol. The Balaban J connectivity index is 1.82. The Morgan fingerprint density at radius 1 is 1.07 bits per heavy atom. The number of ether oxygens (including phenoxy) is 1. The van der Waals surface area contributed by atoms with Gasteiger partial charge in [-0.25, -0.2) is 9.59 Å². The first kappa shape index (κ1) is 31.1. The number of allylic oxidation sites excluding steroid dienone is 1. The van der Waals surface area contributed by atoms with Crippen LogP contribution in [-0.2, 0) is 28.7 Å². The molecule has 0 radical (unpaired) electrons. The molecule has 1 heterocycles. The number of likely N-dealkylation sites (tertiary alicyclic amines) is 1. The van der Waals surface area contributed by atoms with Crippen molar-refractivity contribution in [3.63, 3.8) is 0 Å². The molecular formula is C28H43N5O7. The zero-order valence-electron chi connectivity index (χ0n) is 24.2. The number of urea groups is 1. The normalized spacial score (nSPS) is 24.8. The number of ketones is 1. The van der Waals surface area contributed by atoms with Gasteiger partial charge < -0.3 is 31.3 Å². The lowest BCUT2D eigenvalue weighted by Crippen LogP contribution is -2.60. The first-order valence-corrected chi connectivity index (χ1v) is 13.9. The number of fused-ring (bicyclic) bond motifs is 1. The fourth-order valence-corrected chi connectivity index (χ4v) is 5.79. The molecule has 0 bridgehead atoms. The number of piperidine rings is 1. The van der Waals surface area contributed by atoms with Gasteiger partial charge in [0.15, 0.2) is 0 Å². The number of nitrogens with one attached hydrogen (secondary N) is 3. The highest BCUT2D eigenvalue weighted by Gasteiger charge is 2.69. The second kappa shape index (κ2) is 12.0. The summed E-state index contributed by atoms with van der Waals surface area (Å²) in [5.41, 5.74) is 4.45. The van der Waals surface area contributed by atoms with E-state index in [2.05, 4.69) is 16.0 Å². The van der Waals surface area contributed by atoms with E-state index in [4.69, 9.17) is 10.5 Å². The predicted octanol–water partition coefficient (Wildman–Crippen LogP) is 0.784. The van der Waals surface area contributed by atoms with Crippen LogP contribution in [0, 0.1) is 23.2 Å². The molecule has 12 heteroatoms. The third kappa shape index (κ3) is 7.19. The summed E-state index contributed by atoms with van der Waals surface area (Å²) in [6.07, 6.45) is 5.82. The maximum absolute atomic E-state index is 13.8. The molecule has 5 N–H and O–H groups in total. The predicted molar refractivity (Wildman–Crippen MR) is 145 cm³/mol. The van der Waals surface area contributed by atoms with Crippen molar-refractivity contribution in [1.29, 1.82) is 0 Å². The van der Waals surface area contributed by atoms with E-state index in [1.54, 1.807) is 27.7 Å². The van der Waals surface area contributed by atoms with Gasteiger partial charge in [0.1, 0.15) is 18.7 Å². The van der Waals surface area contributed by atoms with Crippen LogP contribution in [0.3, 0.4) is 0 Å². The van der Waals surface area contributed by atoms with Crippen LogP contribution >= 0.6 is 0 Å². The van der Waals surface area contributed by atoms with Gasteiger partial charge in [0.25, 0.3) is 5.91 Å². The van der Waals surface area contributed by atoms with Crippen molar-refractivity contribution in [2.75, 3.05) is 13.2 Å². The Bertz CT molecular complexity index is 1080.